The van der Waals surface area contributed by atoms with Gasteiger partial charge < -0.3 is 10.1 Å². The summed E-state index contributed by atoms with van der Waals surface area (Å²) in [6.07, 6.45) is 7.07. The monoisotopic (exact) mass is 279 g/mol. The Kier molecular flexibility index (Phi) is 5.29. The van der Waals surface area contributed by atoms with Gasteiger partial charge in [-0.05, 0) is 50.4 Å². The van der Waals surface area contributed by atoms with E-state index in [0.29, 0.717) is 0 Å². The average Bonchev–Trinajstić information content (AvgIpc) is 2.93. The molecular formula is C16H22ClNO. The predicted molar refractivity (Wildman–Crippen MR) is 81.0 cm³/mol. The summed E-state index contributed by atoms with van der Waals surface area (Å²) in [5.74, 6) is 0.908. The molecule has 1 aromatic rings. The molecule has 1 aliphatic rings. The molecule has 1 N–H and O–H groups in total. The van der Waals surface area contributed by atoms with Crippen molar-refractivity contribution in [2.45, 2.75) is 38.6 Å². The van der Waals surface area contributed by atoms with E-state index in [1.165, 1.54) is 18.4 Å². The molecule has 3 heteroatoms. The lowest BCUT2D eigenvalue weighted by Gasteiger charge is -2.23. The van der Waals surface area contributed by atoms with Gasteiger partial charge in [-0.2, -0.15) is 0 Å². The van der Waals surface area contributed by atoms with E-state index in [1.54, 1.807) is 7.11 Å². The van der Waals surface area contributed by atoms with Crippen LogP contribution in [0.15, 0.2) is 29.8 Å². The van der Waals surface area contributed by atoms with Crippen molar-refractivity contribution < 1.29 is 4.74 Å². The number of nitrogens with one attached hydrogen (secondary N) is 1. The van der Waals surface area contributed by atoms with Crippen LogP contribution in [0.2, 0.25) is 5.02 Å². The van der Waals surface area contributed by atoms with E-state index in [2.05, 4.69) is 18.3 Å². The first-order valence-electron chi connectivity index (χ1n) is 7.02. The number of hydrogen-bond acceptors (Lipinski definition) is 2. The summed E-state index contributed by atoms with van der Waals surface area (Å²) < 4.78 is 5.49. The van der Waals surface area contributed by atoms with Gasteiger partial charge in [0.25, 0.3) is 0 Å². The zero-order chi connectivity index (χ0) is 13.7. The maximum absolute atomic E-state index is 6.16. The lowest BCUT2D eigenvalue weighted by Crippen LogP contribution is -2.24. The van der Waals surface area contributed by atoms with Crippen LogP contribution in [0, 0.1) is 0 Å². The van der Waals surface area contributed by atoms with E-state index >= 15 is 0 Å². The molecule has 19 heavy (non-hydrogen) atoms. The summed E-state index contributed by atoms with van der Waals surface area (Å²) in [5.41, 5.74) is 2.62. The van der Waals surface area contributed by atoms with Crippen LogP contribution in [0.25, 0.3) is 0 Å². The van der Waals surface area contributed by atoms with Gasteiger partial charge >= 0.3 is 0 Å². The molecule has 1 aromatic carbocycles. The van der Waals surface area contributed by atoms with E-state index in [-0.39, 0.29) is 6.04 Å². The van der Waals surface area contributed by atoms with Crippen molar-refractivity contribution in [2.75, 3.05) is 13.7 Å². The number of halogens is 1. The Morgan fingerprint density at radius 1 is 1.42 bits per heavy atom. The van der Waals surface area contributed by atoms with E-state index in [1.807, 2.05) is 18.2 Å². The van der Waals surface area contributed by atoms with Crippen LogP contribution < -0.4 is 10.1 Å². The predicted octanol–water partition coefficient (Wildman–Crippen LogP) is 4.50. The van der Waals surface area contributed by atoms with Gasteiger partial charge in [0.1, 0.15) is 5.75 Å². The Balaban J connectivity index is 2.33. The third-order valence-corrected chi connectivity index (χ3v) is 3.78. The van der Waals surface area contributed by atoms with Crippen LogP contribution >= 0.6 is 11.6 Å². The van der Waals surface area contributed by atoms with Crippen LogP contribution in [-0.4, -0.2) is 13.7 Å². The van der Waals surface area contributed by atoms with Crippen LogP contribution in [0.4, 0.5) is 0 Å². The molecule has 0 fully saturated rings. The Morgan fingerprint density at radius 2 is 2.26 bits per heavy atom. The maximum Gasteiger partial charge on any atom is 0.124 e. The molecule has 0 aliphatic heterocycles. The minimum absolute atomic E-state index is 0.232. The molecule has 0 heterocycles. The highest BCUT2D eigenvalue weighted by atomic mass is 35.5. The zero-order valence-electron chi connectivity index (χ0n) is 11.7. The normalized spacial score (nSPS) is 16.3. The highest BCUT2D eigenvalue weighted by Crippen LogP contribution is 2.36. The second kappa shape index (κ2) is 6.97. The van der Waals surface area contributed by atoms with E-state index in [0.717, 1.165) is 35.7 Å². The van der Waals surface area contributed by atoms with Crippen molar-refractivity contribution >= 4 is 11.6 Å². The summed E-state index contributed by atoms with van der Waals surface area (Å²) in [6.45, 7) is 3.18. The summed E-state index contributed by atoms with van der Waals surface area (Å²) in [7, 11) is 1.71. The van der Waals surface area contributed by atoms with Crippen molar-refractivity contribution in [3.05, 3.63) is 40.4 Å². The van der Waals surface area contributed by atoms with E-state index in [4.69, 9.17) is 16.3 Å². The van der Waals surface area contributed by atoms with Crippen molar-refractivity contribution in [2.24, 2.45) is 0 Å². The van der Waals surface area contributed by atoms with Crippen molar-refractivity contribution in [1.82, 2.24) is 5.32 Å². The fourth-order valence-corrected chi connectivity index (χ4v) is 2.80. The van der Waals surface area contributed by atoms with E-state index in [9.17, 15) is 0 Å². The minimum Gasteiger partial charge on any atom is -0.496 e. The molecule has 2 rings (SSSR count). The van der Waals surface area contributed by atoms with Crippen molar-refractivity contribution in [3.63, 3.8) is 0 Å². The van der Waals surface area contributed by atoms with Crippen LogP contribution in [0.5, 0.6) is 5.75 Å². The number of ether oxygens (including phenoxy) is 1. The molecule has 0 saturated carbocycles. The molecule has 1 aliphatic carbocycles. The van der Waals surface area contributed by atoms with Gasteiger partial charge in [-0.25, -0.2) is 0 Å². The molecule has 0 saturated heterocycles. The quantitative estimate of drug-likeness (QED) is 0.774. The maximum atomic E-state index is 6.16. The molecule has 0 spiro atoms. The van der Waals surface area contributed by atoms with Crippen molar-refractivity contribution in [3.8, 4) is 5.75 Å². The van der Waals surface area contributed by atoms with Gasteiger partial charge in [0.15, 0.2) is 0 Å². The second-order valence-electron chi connectivity index (χ2n) is 4.94. The van der Waals surface area contributed by atoms with Gasteiger partial charge in [0, 0.05) is 10.6 Å². The first kappa shape index (κ1) is 14.4. The smallest absolute Gasteiger partial charge is 0.124 e. The van der Waals surface area contributed by atoms with Crippen molar-refractivity contribution in [1.29, 1.82) is 0 Å². The fourth-order valence-electron chi connectivity index (χ4n) is 2.62. The average molecular weight is 280 g/mol. The first-order valence-corrected chi connectivity index (χ1v) is 7.39. The Morgan fingerprint density at radius 3 is 2.89 bits per heavy atom. The number of benzene rings is 1. The lowest BCUT2D eigenvalue weighted by atomic mass is 9.97. The summed E-state index contributed by atoms with van der Waals surface area (Å²) in [6, 6.07) is 6.08. The topological polar surface area (TPSA) is 21.3 Å². The molecule has 0 amide bonds. The first-order chi connectivity index (χ1) is 9.26. The molecule has 0 radical (unpaired) electrons. The Hall–Kier alpha value is -0.990. The largest absolute Gasteiger partial charge is 0.496 e. The van der Waals surface area contributed by atoms with Crippen LogP contribution in [-0.2, 0) is 0 Å². The third kappa shape index (κ3) is 3.52. The number of methoxy groups -OCH3 is 1. The van der Waals surface area contributed by atoms with Gasteiger partial charge in [0.2, 0.25) is 0 Å². The van der Waals surface area contributed by atoms with Gasteiger partial charge in [-0.3, -0.25) is 0 Å². The van der Waals surface area contributed by atoms with Crippen LogP contribution in [0.3, 0.4) is 0 Å². The Labute approximate surface area is 120 Å². The highest BCUT2D eigenvalue weighted by Gasteiger charge is 2.21. The highest BCUT2D eigenvalue weighted by molar-refractivity contribution is 6.30. The fraction of sp³-hybridized carbons (Fsp3) is 0.500. The lowest BCUT2D eigenvalue weighted by molar-refractivity contribution is 0.403. The minimum atomic E-state index is 0.232. The third-order valence-electron chi connectivity index (χ3n) is 3.55. The second-order valence-corrected chi connectivity index (χ2v) is 5.38. The number of rotatable bonds is 6. The summed E-state index contributed by atoms with van der Waals surface area (Å²) in [4.78, 5) is 0. The van der Waals surface area contributed by atoms with E-state index < -0.39 is 0 Å². The molecular weight excluding hydrogens is 258 g/mol. The molecule has 104 valence electrons. The zero-order valence-corrected chi connectivity index (χ0v) is 12.5. The summed E-state index contributed by atoms with van der Waals surface area (Å²) >= 11 is 6.16. The van der Waals surface area contributed by atoms with Gasteiger partial charge in [0.05, 0.1) is 13.2 Å². The SMILES string of the molecule is CCCNC(C1=CCCC1)c1cc(Cl)ccc1OC. The number of hydrogen-bond donors (Lipinski definition) is 1. The van der Waals surface area contributed by atoms with Gasteiger partial charge in [-0.1, -0.05) is 30.2 Å². The molecule has 1 atom stereocenters. The van der Waals surface area contributed by atoms with Crippen LogP contribution in [0.1, 0.15) is 44.2 Å². The molecule has 1 unspecified atom stereocenters. The standard InChI is InChI=1S/C16H22ClNO/c1-3-10-18-16(12-6-4-5-7-12)14-11-13(17)8-9-15(14)19-2/h6,8-9,11,16,18H,3-5,7,10H2,1-2H3. The Bertz CT molecular complexity index is 456. The number of allylic oxidation sites excluding steroid dienone is 1. The summed E-state index contributed by atoms with van der Waals surface area (Å²) in [5, 5.41) is 4.38. The molecule has 0 aromatic heterocycles. The molecule has 2 nitrogen and oxygen atoms in total. The van der Waals surface area contributed by atoms with Gasteiger partial charge in [-0.15, -0.1) is 0 Å². The molecule has 0 bridgehead atoms.